The molecule has 0 aromatic carbocycles. The molecule has 1 aliphatic rings. The minimum absolute atomic E-state index is 0.0197. The first-order chi connectivity index (χ1) is 9.90. The number of nitrogens with one attached hydrogen (secondary N) is 2. The molecule has 1 amide bonds. The molecule has 0 atom stereocenters. The molecular formula is C17H27N3O. The Labute approximate surface area is 127 Å². The molecule has 1 aromatic heterocycles. The molecule has 1 aromatic rings. The van der Waals surface area contributed by atoms with Crippen LogP contribution in [0.15, 0.2) is 12.1 Å². The molecule has 21 heavy (non-hydrogen) atoms. The van der Waals surface area contributed by atoms with Crippen LogP contribution in [0.2, 0.25) is 0 Å². The van der Waals surface area contributed by atoms with Crippen molar-refractivity contribution < 1.29 is 4.79 Å². The van der Waals surface area contributed by atoms with Crippen LogP contribution in [0.3, 0.4) is 0 Å². The molecule has 116 valence electrons. The smallest absolute Gasteiger partial charge is 0.251 e. The Balaban J connectivity index is 2.19. The van der Waals surface area contributed by atoms with Crippen LogP contribution < -0.4 is 10.6 Å². The van der Waals surface area contributed by atoms with Gasteiger partial charge in [-0.25, -0.2) is 4.98 Å². The Kier molecular flexibility index (Phi) is 4.86. The lowest BCUT2D eigenvalue weighted by Crippen LogP contribution is -2.36. The average molecular weight is 289 g/mol. The zero-order valence-corrected chi connectivity index (χ0v) is 13.6. The first-order valence-corrected chi connectivity index (χ1v) is 7.91. The minimum Gasteiger partial charge on any atom is -0.373 e. The lowest BCUT2D eigenvalue weighted by Gasteiger charge is -2.24. The third kappa shape index (κ3) is 4.19. The van der Waals surface area contributed by atoms with Crippen molar-refractivity contribution in [1.82, 2.24) is 10.3 Å². The number of nitrogens with zero attached hydrogens (tertiary/aromatic N) is 1. The topological polar surface area (TPSA) is 54.0 Å². The summed E-state index contributed by atoms with van der Waals surface area (Å²) in [4.78, 5) is 17.1. The number of rotatable bonds is 3. The van der Waals surface area contributed by atoms with Gasteiger partial charge in [0.1, 0.15) is 5.82 Å². The van der Waals surface area contributed by atoms with Crippen LogP contribution >= 0.6 is 0 Å². The van der Waals surface area contributed by atoms with E-state index in [0.717, 1.165) is 24.4 Å². The van der Waals surface area contributed by atoms with Gasteiger partial charge in [0.2, 0.25) is 0 Å². The summed E-state index contributed by atoms with van der Waals surface area (Å²) in [5.74, 6) is 0.766. The largest absolute Gasteiger partial charge is 0.373 e. The van der Waals surface area contributed by atoms with E-state index in [-0.39, 0.29) is 11.3 Å². The summed E-state index contributed by atoms with van der Waals surface area (Å²) in [7, 11) is 1.83. The van der Waals surface area contributed by atoms with Gasteiger partial charge in [0.05, 0.1) is 0 Å². The molecule has 0 aliphatic heterocycles. The van der Waals surface area contributed by atoms with Crippen LogP contribution in [-0.4, -0.2) is 24.0 Å². The van der Waals surface area contributed by atoms with Crippen LogP contribution in [0.5, 0.6) is 0 Å². The summed E-state index contributed by atoms with van der Waals surface area (Å²) in [6.45, 7) is 6.33. The number of carbonyl (C=O) groups excluding carboxylic acids is 1. The van der Waals surface area contributed by atoms with Crippen molar-refractivity contribution in [3.63, 3.8) is 0 Å². The van der Waals surface area contributed by atoms with E-state index in [1.54, 1.807) is 0 Å². The highest BCUT2D eigenvalue weighted by molar-refractivity contribution is 5.95. The SMILES string of the molecule is CNc1cc(C(=O)NC2CCCCC2)cc(C(C)(C)C)n1. The predicted molar refractivity (Wildman–Crippen MR) is 86.8 cm³/mol. The summed E-state index contributed by atoms with van der Waals surface area (Å²) in [5.41, 5.74) is 1.56. The van der Waals surface area contributed by atoms with Crippen molar-refractivity contribution in [3.05, 3.63) is 23.4 Å². The summed E-state index contributed by atoms with van der Waals surface area (Å²) in [6, 6.07) is 4.07. The molecule has 0 radical (unpaired) electrons. The summed E-state index contributed by atoms with van der Waals surface area (Å²) >= 11 is 0. The Hall–Kier alpha value is -1.58. The molecule has 1 saturated carbocycles. The number of hydrogen-bond donors (Lipinski definition) is 2. The van der Waals surface area contributed by atoms with Crippen molar-refractivity contribution >= 4 is 11.7 Å². The number of anilines is 1. The predicted octanol–water partition coefficient (Wildman–Crippen LogP) is 3.48. The third-order valence-electron chi connectivity index (χ3n) is 4.05. The minimum atomic E-state index is -0.0767. The molecule has 0 unspecified atom stereocenters. The van der Waals surface area contributed by atoms with E-state index in [9.17, 15) is 4.79 Å². The Morgan fingerprint density at radius 2 is 1.86 bits per heavy atom. The molecule has 2 N–H and O–H groups in total. The normalized spacial score (nSPS) is 16.6. The van der Waals surface area contributed by atoms with E-state index in [4.69, 9.17) is 0 Å². The summed E-state index contributed by atoms with van der Waals surface area (Å²) < 4.78 is 0. The number of hydrogen-bond acceptors (Lipinski definition) is 3. The molecule has 4 nitrogen and oxygen atoms in total. The number of amides is 1. The molecule has 0 saturated heterocycles. The monoisotopic (exact) mass is 289 g/mol. The molecular weight excluding hydrogens is 262 g/mol. The van der Waals surface area contributed by atoms with Gasteiger partial charge in [-0.05, 0) is 25.0 Å². The molecule has 1 heterocycles. The van der Waals surface area contributed by atoms with E-state index < -0.39 is 0 Å². The first kappa shape index (κ1) is 15.8. The third-order valence-corrected chi connectivity index (χ3v) is 4.05. The van der Waals surface area contributed by atoms with Gasteiger partial charge in [0.25, 0.3) is 5.91 Å². The van der Waals surface area contributed by atoms with Crippen molar-refractivity contribution in [2.24, 2.45) is 0 Å². The van der Waals surface area contributed by atoms with Crippen LogP contribution in [-0.2, 0) is 5.41 Å². The molecule has 4 heteroatoms. The van der Waals surface area contributed by atoms with Crippen molar-refractivity contribution in [3.8, 4) is 0 Å². The van der Waals surface area contributed by atoms with Gasteiger partial charge >= 0.3 is 0 Å². The fourth-order valence-electron chi connectivity index (χ4n) is 2.69. The standard InChI is InChI=1S/C17H27N3O/c1-17(2,3)14-10-12(11-15(18-4)20-14)16(21)19-13-8-6-5-7-9-13/h10-11,13H,5-9H2,1-4H3,(H,18,20)(H,19,21). The summed E-state index contributed by atoms with van der Waals surface area (Å²) in [6.07, 6.45) is 5.93. The first-order valence-electron chi connectivity index (χ1n) is 7.91. The van der Waals surface area contributed by atoms with Gasteiger partial charge in [-0.15, -0.1) is 0 Å². The van der Waals surface area contributed by atoms with Crippen LogP contribution in [0, 0.1) is 0 Å². The Morgan fingerprint density at radius 1 is 1.19 bits per heavy atom. The maximum Gasteiger partial charge on any atom is 0.251 e. The highest BCUT2D eigenvalue weighted by Crippen LogP contribution is 2.24. The summed E-state index contributed by atoms with van der Waals surface area (Å²) in [5, 5.41) is 6.22. The lowest BCUT2D eigenvalue weighted by atomic mass is 9.90. The molecule has 1 fully saturated rings. The molecule has 2 rings (SSSR count). The molecule has 0 bridgehead atoms. The zero-order chi connectivity index (χ0) is 15.5. The highest BCUT2D eigenvalue weighted by Gasteiger charge is 2.21. The van der Waals surface area contributed by atoms with Gasteiger partial charge in [0, 0.05) is 29.8 Å². The van der Waals surface area contributed by atoms with Gasteiger partial charge in [-0.3, -0.25) is 4.79 Å². The van der Waals surface area contributed by atoms with Gasteiger partial charge < -0.3 is 10.6 Å². The van der Waals surface area contributed by atoms with Crippen molar-refractivity contribution in [2.75, 3.05) is 12.4 Å². The van der Waals surface area contributed by atoms with E-state index in [2.05, 4.69) is 36.4 Å². The van der Waals surface area contributed by atoms with Crippen LogP contribution in [0.4, 0.5) is 5.82 Å². The average Bonchev–Trinajstić information content (AvgIpc) is 2.46. The quantitative estimate of drug-likeness (QED) is 0.895. The lowest BCUT2D eigenvalue weighted by molar-refractivity contribution is 0.0927. The fraction of sp³-hybridized carbons (Fsp3) is 0.647. The number of carbonyl (C=O) groups is 1. The van der Waals surface area contributed by atoms with Crippen LogP contribution in [0.25, 0.3) is 0 Å². The zero-order valence-electron chi connectivity index (χ0n) is 13.6. The Morgan fingerprint density at radius 3 is 2.43 bits per heavy atom. The van der Waals surface area contributed by atoms with E-state index >= 15 is 0 Å². The van der Waals surface area contributed by atoms with Crippen LogP contribution in [0.1, 0.15) is 68.9 Å². The second kappa shape index (κ2) is 6.46. The number of aromatic nitrogens is 1. The maximum absolute atomic E-state index is 12.5. The van der Waals surface area contributed by atoms with Gasteiger partial charge in [-0.2, -0.15) is 0 Å². The second-order valence-electron chi connectivity index (χ2n) is 6.93. The van der Waals surface area contributed by atoms with E-state index in [1.807, 2.05) is 19.2 Å². The maximum atomic E-state index is 12.5. The van der Waals surface area contributed by atoms with E-state index in [1.165, 1.54) is 19.3 Å². The number of pyridine rings is 1. The van der Waals surface area contributed by atoms with E-state index in [0.29, 0.717) is 11.6 Å². The molecule has 0 spiro atoms. The van der Waals surface area contributed by atoms with Gasteiger partial charge in [-0.1, -0.05) is 40.0 Å². The van der Waals surface area contributed by atoms with Gasteiger partial charge in [0.15, 0.2) is 0 Å². The molecule has 1 aliphatic carbocycles. The van der Waals surface area contributed by atoms with Crippen molar-refractivity contribution in [2.45, 2.75) is 64.3 Å². The van der Waals surface area contributed by atoms with Crippen molar-refractivity contribution in [1.29, 1.82) is 0 Å². The Bertz CT molecular complexity index is 499. The fourth-order valence-corrected chi connectivity index (χ4v) is 2.69. The highest BCUT2D eigenvalue weighted by atomic mass is 16.1. The second-order valence-corrected chi connectivity index (χ2v) is 6.93.